The lowest BCUT2D eigenvalue weighted by molar-refractivity contribution is -0.389. The fourth-order valence-corrected chi connectivity index (χ4v) is 4.54. The summed E-state index contributed by atoms with van der Waals surface area (Å²) in [5.41, 5.74) is 2.46. The Morgan fingerprint density at radius 2 is 1.64 bits per heavy atom. The quantitative estimate of drug-likeness (QED) is 0.162. The number of fused-ring (bicyclic) bond motifs is 1. The second-order valence-corrected chi connectivity index (χ2v) is 9.05. The third-order valence-corrected chi connectivity index (χ3v) is 6.64. The van der Waals surface area contributed by atoms with Gasteiger partial charge in [-0.2, -0.15) is 0 Å². The van der Waals surface area contributed by atoms with Crippen LogP contribution in [0.25, 0.3) is 0 Å². The Bertz CT molecular complexity index is 1380. The van der Waals surface area contributed by atoms with E-state index < -0.39 is 15.5 Å². The van der Waals surface area contributed by atoms with Gasteiger partial charge in [0.05, 0.1) is 26.7 Å². The summed E-state index contributed by atoms with van der Waals surface area (Å²) in [6, 6.07) is 13.0. The number of amides is 2. The van der Waals surface area contributed by atoms with Crippen LogP contribution in [0.2, 0.25) is 0 Å². The van der Waals surface area contributed by atoms with Gasteiger partial charge >= 0.3 is 10.7 Å². The molecular formula is C23H20N6O6S. The van der Waals surface area contributed by atoms with Crippen molar-refractivity contribution in [2.75, 3.05) is 25.0 Å². The molecular weight excluding hydrogens is 488 g/mol. The van der Waals surface area contributed by atoms with E-state index in [4.69, 9.17) is 0 Å². The summed E-state index contributed by atoms with van der Waals surface area (Å²) in [6.45, 7) is 2.68. The number of nitro groups is 2. The predicted molar refractivity (Wildman–Crippen MR) is 133 cm³/mol. The molecule has 0 spiro atoms. The van der Waals surface area contributed by atoms with Gasteiger partial charge < -0.3 is 4.90 Å². The molecule has 12 nitrogen and oxygen atoms in total. The molecule has 2 aromatic carbocycles. The number of aryl methyl sites for hydroxylation is 1. The van der Waals surface area contributed by atoms with Gasteiger partial charge in [0, 0.05) is 25.8 Å². The summed E-state index contributed by atoms with van der Waals surface area (Å²) in [5.74, 6) is -0.555. The number of benzene rings is 2. The first kappa shape index (κ1) is 24.6. The Morgan fingerprint density at radius 3 is 2.22 bits per heavy atom. The largest absolute Gasteiger partial charge is 0.375 e. The van der Waals surface area contributed by atoms with Crippen molar-refractivity contribution in [3.63, 3.8) is 0 Å². The van der Waals surface area contributed by atoms with Crippen LogP contribution in [0.5, 0.6) is 0 Å². The first-order valence-electron chi connectivity index (χ1n) is 10.8. The van der Waals surface area contributed by atoms with Gasteiger partial charge in [0.2, 0.25) is 5.00 Å². The summed E-state index contributed by atoms with van der Waals surface area (Å²) in [5, 5.41) is 29.5. The zero-order valence-electron chi connectivity index (χ0n) is 19.3. The Morgan fingerprint density at radius 1 is 0.972 bits per heavy atom. The summed E-state index contributed by atoms with van der Waals surface area (Å²) in [4.78, 5) is 48.9. The van der Waals surface area contributed by atoms with Gasteiger partial charge in [-0.25, -0.2) is 0 Å². The second kappa shape index (κ2) is 10.00. The van der Waals surface area contributed by atoms with Crippen LogP contribution >= 0.6 is 11.3 Å². The fourth-order valence-electron chi connectivity index (χ4n) is 3.78. The molecule has 0 radical (unpaired) electrons. The van der Waals surface area contributed by atoms with Crippen LogP contribution in [0, 0.1) is 27.2 Å². The van der Waals surface area contributed by atoms with Crippen molar-refractivity contribution >= 4 is 50.2 Å². The normalized spacial score (nSPS) is 12.9. The predicted octanol–water partition coefficient (Wildman–Crippen LogP) is 5.41. The molecule has 3 aromatic rings. The second-order valence-electron chi connectivity index (χ2n) is 8.04. The highest BCUT2D eigenvalue weighted by atomic mass is 32.1. The molecule has 0 fully saturated rings. The van der Waals surface area contributed by atoms with Crippen LogP contribution in [0.15, 0.2) is 58.8 Å². The number of rotatable bonds is 9. The van der Waals surface area contributed by atoms with Gasteiger partial charge in [-0.15, -0.1) is 10.2 Å². The molecule has 0 N–H and O–H groups in total. The maximum absolute atomic E-state index is 12.5. The third-order valence-electron chi connectivity index (χ3n) is 5.68. The molecule has 184 valence electrons. The Kier molecular flexibility index (Phi) is 6.83. The van der Waals surface area contributed by atoms with E-state index in [0.717, 1.165) is 17.3 Å². The van der Waals surface area contributed by atoms with Crippen molar-refractivity contribution in [3.8, 4) is 0 Å². The summed E-state index contributed by atoms with van der Waals surface area (Å²) >= 11 is 0.584. The molecule has 36 heavy (non-hydrogen) atoms. The van der Waals surface area contributed by atoms with Gasteiger partial charge in [-0.3, -0.25) is 34.7 Å². The molecule has 4 rings (SSSR count). The van der Waals surface area contributed by atoms with Crippen LogP contribution in [-0.2, 0) is 0 Å². The summed E-state index contributed by atoms with van der Waals surface area (Å²) in [7, 11) is 1.88. The summed E-state index contributed by atoms with van der Waals surface area (Å²) in [6.07, 6.45) is 0.573. The highest BCUT2D eigenvalue weighted by molar-refractivity contribution is 7.19. The van der Waals surface area contributed by atoms with Crippen molar-refractivity contribution < 1.29 is 19.4 Å². The van der Waals surface area contributed by atoms with E-state index in [0.29, 0.717) is 47.7 Å². The lowest BCUT2D eigenvalue weighted by Crippen LogP contribution is -2.32. The average molecular weight is 509 g/mol. The Labute approximate surface area is 208 Å². The van der Waals surface area contributed by atoms with Crippen molar-refractivity contribution in [2.45, 2.75) is 13.3 Å². The first-order chi connectivity index (χ1) is 17.2. The number of nitrogens with zero attached hydrogens (tertiary/aromatic N) is 6. The van der Waals surface area contributed by atoms with Crippen molar-refractivity contribution in [3.05, 3.63) is 85.4 Å². The molecule has 0 atom stereocenters. The standard InChI is InChI=1S/C23H20N6O6S/c1-14-12-15(8-9-18(14)24-25-21-19(28(32)33)13-20(36-21)29(34)35)26(2)10-5-11-27-22(30)16-6-3-4-7-17(16)23(27)31/h3-4,6-9,12-13H,5,10-11H2,1-2H3. The van der Waals surface area contributed by atoms with E-state index in [1.807, 2.05) is 18.0 Å². The van der Waals surface area contributed by atoms with Gasteiger partial charge in [0.15, 0.2) is 0 Å². The molecule has 0 aliphatic carbocycles. The van der Waals surface area contributed by atoms with E-state index in [1.165, 1.54) is 4.90 Å². The van der Waals surface area contributed by atoms with Crippen LogP contribution in [-0.4, -0.2) is 46.7 Å². The van der Waals surface area contributed by atoms with Crippen LogP contribution in [0.3, 0.4) is 0 Å². The van der Waals surface area contributed by atoms with Crippen LogP contribution in [0.4, 0.5) is 27.1 Å². The van der Waals surface area contributed by atoms with Gasteiger partial charge in [0.1, 0.15) is 6.07 Å². The highest BCUT2D eigenvalue weighted by Gasteiger charge is 2.34. The van der Waals surface area contributed by atoms with Gasteiger partial charge in [-0.1, -0.05) is 12.1 Å². The molecule has 13 heteroatoms. The minimum atomic E-state index is -0.731. The lowest BCUT2D eigenvalue weighted by atomic mass is 10.1. The molecule has 1 aromatic heterocycles. The molecule has 1 aliphatic heterocycles. The van der Waals surface area contributed by atoms with E-state index in [1.54, 1.807) is 43.3 Å². The maximum Gasteiger partial charge on any atom is 0.333 e. The molecule has 0 bridgehead atoms. The smallest absolute Gasteiger partial charge is 0.333 e. The lowest BCUT2D eigenvalue weighted by Gasteiger charge is -2.21. The Balaban J connectivity index is 1.39. The van der Waals surface area contributed by atoms with E-state index in [9.17, 15) is 29.8 Å². The maximum atomic E-state index is 12.5. The average Bonchev–Trinajstić information content (AvgIpc) is 3.39. The molecule has 2 amide bonds. The fraction of sp³-hybridized carbons (Fsp3) is 0.217. The van der Waals surface area contributed by atoms with Crippen molar-refractivity contribution in [1.29, 1.82) is 0 Å². The minimum Gasteiger partial charge on any atom is -0.375 e. The number of thiophene rings is 1. The number of carbonyl (C=O) groups is 2. The number of hydrogen-bond acceptors (Lipinski definition) is 10. The molecule has 0 unspecified atom stereocenters. The zero-order valence-corrected chi connectivity index (χ0v) is 20.1. The minimum absolute atomic E-state index is 0.152. The summed E-state index contributed by atoms with van der Waals surface area (Å²) < 4.78 is 0. The third kappa shape index (κ3) is 4.81. The molecule has 1 aliphatic rings. The van der Waals surface area contributed by atoms with Gasteiger partial charge in [-0.05, 0) is 60.6 Å². The van der Waals surface area contributed by atoms with Gasteiger partial charge in [0.25, 0.3) is 11.8 Å². The monoisotopic (exact) mass is 508 g/mol. The highest BCUT2D eigenvalue weighted by Crippen LogP contribution is 2.42. The first-order valence-corrected chi connectivity index (χ1v) is 11.6. The zero-order chi connectivity index (χ0) is 26.0. The van der Waals surface area contributed by atoms with E-state index in [-0.39, 0.29) is 21.8 Å². The number of anilines is 1. The molecule has 2 heterocycles. The SMILES string of the molecule is Cc1cc(N(C)CCCN2C(=O)c3ccccc3C2=O)ccc1N=Nc1sc([N+](=O)[O-])cc1[N+](=O)[O-]. The van der Waals surface area contributed by atoms with Crippen molar-refractivity contribution in [2.24, 2.45) is 10.2 Å². The van der Waals surface area contributed by atoms with Crippen LogP contribution in [0.1, 0.15) is 32.7 Å². The van der Waals surface area contributed by atoms with E-state index in [2.05, 4.69) is 10.2 Å². The number of imide groups is 1. The molecule has 0 saturated heterocycles. The van der Waals surface area contributed by atoms with Crippen LogP contribution < -0.4 is 4.90 Å². The topological polar surface area (TPSA) is 152 Å². The Hall–Kier alpha value is -4.52. The number of carbonyl (C=O) groups excluding carboxylic acids is 2. The van der Waals surface area contributed by atoms with E-state index >= 15 is 0 Å². The number of hydrogen-bond donors (Lipinski definition) is 0. The number of azo groups is 1. The molecule has 0 saturated carbocycles. The van der Waals surface area contributed by atoms with Crippen molar-refractivity contribution in [1.82, 2.24) is 4.90 Å².